The Balaban J connectivity index is 2.20. The van der Waals surface area contributed by atoms with Crippen molar-refractivity contribution in [2.45, 2.75) is 19.0 Å². The van der Waals surface area contributed by atoms with Crippen LogP contribution in [0.15, 0.2) is 28.3 Å². The summed E-state index contributed by atoms with van der Waals surface area (Å²) in [5.74, 6) is -1.26. The molecule has 0 fully saturated rings. The topological polar surface area (TPSA) is 25.8 Å². The monoisotopic (exact) mass is 314 g/mol. The van der Waals surface area contributed by atoms with E-state index in [2.05, 4.69) is 9.97 Å². The molecule has 7 heteroatoms. The molecular weight excluding hydrogens is 305 g/mol. The van der Waals surface area contributed by atoms with Crippen LogP contribution in [-0.4, -0.2) is 9.97 Å². The standard InChI is InChI=1S/C13H9F3N2S2/c1-7(8-2-4-19-6-8)10-11-9(3-5-20-11)17-12(18-10)13(14,15)16/h2-7H,1H3. The molecule has 20 heavy (non-hydrogen) atoms. The van der Waals surface area contributed by atoms with Gasteiger partial charge in [-0.25, -0.2) is 9.97 Å². The molecule has 0 aliphatic carbocycles. The van der Waals surface area contributed by atoms with Crippen LogP contribution in [-0.2, 0) is 6.18 Å². The lowest BCUT2D eigenvalue weighted by Crippen LogP contribution is -2.13. The molecule has 104 valence electrons. The van der Waals surface area contributed by atoms with Crippen LogP contribution in [0.4, 0.5) is 13.2 Å². The normalized spacial score (nSPS) is 13.8. The third kappa shape index (κ3) is 2.31. The van der Waals surface area contributed by atoms with Crippen molar-refractivity contribution < 1.29 is 13.2 Å². The Labute approximate surface area is 120 Å². The molecule has 1 atom stereocenters. The molecule has 2 nitrogen and oxygen atoms in total. The van der Waals surface area contributed by atoms with Gasteiger partial charge in [0.05, 0.1) is 15.9 Å². The number of nitrogens with zero attached hydrogens (tertiary/aromatic N) is 2. The number of hydrogen-bond acceptors (Lipinski definition) is 4. The molecule has 0 spiro atoms. The van der Waals surface area contributed by atoms with Crippen molar-refractivity contribution in [3.63, 3.8) is 0 Å². The number of halogens is 3. The number of alkyl halides is 3. The van der Waals surface area contributed by atoms with Crippen LogP contribution in [0.1, 0.15) is 29.9 Å². The quantitative estimate of drug-likeness (QED) is 0.670. The summed E-state index contributed by atoms with van der Waals surface area (Å²) in [5.41, 5.74) is 1.77. The van der Waals surface area contributed by atoms with Crippen LogP contribution in [0.3, 0.4) is 0 Å². The van der Waals surface area contributed by atoms with Gasteiger partial charge in [-0.05, 0) is 33.8 Å². The largest absolute Gasteiger partial charge is 0.451 e. The molecule has 0 aliphatic rings. The van der Waals surface area contributed by atoms with Crippen molar-refractivity contribution in [2.24, 2.45) is 0 Å². The SMILES string of the molecule is CC(c1ccsc1)c1nc(C(F)(F)F)nc2ccsc12. The van der Waals surface area contributed by atoms with E-state index in [0.717, 1.165) is 10.3 Å². The highest BCUT2D eigenvalue weighted by molar-refractivity contribution is 7.17. The predicted molar refractivity (Wildman–Crippen MR) is 74.3 cm³/mol. The summed E-state index contributed by atoms with van der Waals surface area (Å²) in [6.07, 6.45) is -4.53. The molecule has 3 aromatic heterocycles. The number of hydrogen-bond donors (Lipinski definition) is 0. The van der Waals surface area contributed by atoms with Crippen LogP contribution in [0.2, 0.25) is 0 Å². The average molecular weight is 314 g/mol. The number of aromatic nitrogens is 2. The fraction of sp³-hybridized carbons (Fsp3) is 0.231. The lowest BCUT2D eigenvalue weighted by molar-refractivity contribution is -0.144. The van der Waals surface area contributed by atoms with Gasteiger partial charge in [0.15, 0.2) is 0 Å². The molecule has 0 bridgehead atoms. The first-order valence-electron chi connectivity index (χ1n) is 5.81. The van der Waals surface area contributed by atoms with Gasteiger partial charge in [0.25, 0.3) is 0 Å². The molecule has 0 aliphatic heterocycles. The summed E-state index contributed by atoms with van der Waals surface area (Å²) in [6.45, 7) is 1.86. The van der Waals surface area contributed by atoms with Crippen molar-refractivity contribution >= 4 is 32.9 Å². The molecule has 0 N–H and O–H groups in total. The Hall–Kier alpha value is -1.47. The van der Waals surface area contributed by atoms with E-state index in [4.69, 9.17) is 0 Å². The highest BCUT2D eigenvalue weighted by Crippen LogP contribution is 2.35. The number of rotatable bonds is 2. The van der Waals surface area contributed by atoms with Crippen molar-refractivity contribution in [1.82, 2.24) is 9.97 Å². The van der Waals surface area contributed by atoms with Gasteiger partial charge < -0.3 is 0 Å². The second-order valence-corrected chi connectivity index (χ2v) is 6.04. The van der Waals surface area contributed by atoms with E-state index in [0.29, 0.717) is 11.2 Å². The number of fused-ring (bicyclic) bond motifs is 1. The van der Waals surface area contributed by atoms with Crippen molar-refractivity contribution in [1.29, 1.82) is 0 Å². The summed E-state index contributed by atoms with van der Waals surface area (Å²) in [6, 6.07) is 3.50. The summed E-state index contributed by atoms with van der Waals surface area (Å²) in [7, 11) is 0. The molecule has 3 rings (SSSR count). The fourth-order valence-electron chi connectivity index (χ4n) is 1.99. The smallest absolute Gasteiger partial charge is 0.227 e. The first-order valence-corrected chi connectivity index (χ1v) is 7.63. The van der Waals surface area contributed by atoms with Gasteiger partial charge in [0.1, 0.15) is 0 Å². The molecule has 0 saturated carbocycles. The average Bonchev–Trinajstić information content (AvgIpc) is 3.06. The van der Waals surface area contributed by atoms with Gasteiger partial charge in [-0.1, -0.05) is 6.92 Å². The van der Waals surface area contributed by atoms with Crippen LogP contribution >= 0.6 is 22.7 Å². The molecule has 3 aromatic rings. The zero-order valence-electron chi connectivity index (χ0n) is 10.3. The minimum Gasteiger partial charge on any atom is -0.227 e. The lowest BCUT2D eigenvalue weighted by atomic mass is 10.0. The molecule has 3 heterocycles. The second-order valence-electron chi connectivity index (χ2n) is 4.34. The molecule has 0 amide bonds. The third-order valence-electron chi connectivity index (χ3n) is 3.04. The van der Waals surface area contributed by atoms with Gasteiger partial charge in [0, 0.05) is 5.92 Å². The fourth-order valence-corrected chi connectivity index (χ4v) is 3.65. The molecule has 0 saturated heterocycles. The van der Waals surface area contributed by atoms with Gasteiger partial charge in [-0.2, -0.15) is 24.5 Å². The first-order chi connectivity index (χ1) is 9.47. The van der Waals surface area contributed by atoms with Crippen molar-refractivity contribution in [3.8, 4) is 0 Å². The Bertz CT molecular complexity index is 732. The summed E-state index contributed by atoms with van der Waals surface area (Å²) in [4.78, 5) is 7.39. The van der Waals surface area contributed by atoms with Crippen LogP contribution in [0.25, 0.3) is 10.2 Å². The molecule has 1 unspecified atom stereocenters. The van der Waals surface area contributed by atoms with E-state index in [-0.39, 0.29) is 5.92 Å². The van der Waals surface area contributed by atoms with Gasteiger partial charge in [-0.15, -0.1) is 11.3 Å². The molecule has 0 radical (unpaired) electrons. The maximum absolute atomic E-state index is 12.9. The van der Waals surface area contributed by atoms with Crippen molar-refractivity contribution in [2.75, 3.05) is 0 Å². The Morgan fingerprint density at radius 1 is 1.15 bits per heavy atom. The zero-order chi connectivity index (χ0) is 14.3. The first kappa shape index (κ1) is 13.5. The van der Waals surface area contributed by atoms with E-state index in [9.17, 15) is 13.2 Å². The second kappa shape index (κ2) is 4.82. The summed E-state index contributed by atoms with van der Waals surface area (Å²) < 4.78 is 39.4. The minimum atomic E-state index is -4.53. The maximum atomic E-state index is 12.9. The Morgan fingerprint density at radius 2 is 1.95 bits per heavy atom. The van der Waals surface area contributed by atoms with E-state index < -0.39 is 12.0 Å². The highest BCUT2D eigenvalue weighted by atomic mass is 32.1. The Kier molecular flexibility index (Phi) is 3.25. The van der Waals surface area contributed by atoms with Gasteiger partial charge in [-0.3, -0.25) is 0 Å². The van der Waals surface area contributed by atoms with Crippen LogP contribution in [0.5, 0.6) is 0 Å². The lowest BCUT2D eigenvalue weighted by Gasteiger charge is -2.13. The van der Waals surface area contributed by atoms with Crippen LogP contribution in [0, 0.1) is 0 Å². The van der Waals surface area contributed by atoms with Gasteiger partial charge >= 0.3 is 6.18 Å². The third-order valence-corrected chi connectivity index (χ3v) is 4.66. The van der Waals surface area contributed by atoms with Crippen molar-refractivity contribution in [3.05, 3.63) is 45.4 Å². The molecular formula is C13H9F3N2S2. The van der Waals surface area contributed by atoms with Gasteiger partial charge in [0.2, 0.25) is 5.82 Å². The van der Waals surface area contributed by atoms with E-state index in [1.807, 2.05) is 23.8 Å². The summed E-state index contributed by atoms with van der Waals surface area (Å²) >= 11 is 2.89. The zero-order valence-corrected chi connectivity index (χ0v) is 11.9. The Morgan fingerprint density at radius 3 is 2.60 bits per heavy atom. The maximum Gasteiger partial charge on any atom is 0.451 e. The van der Waals surface area contributed by atoms with E-state index in [1.54, 1.807) is 11.4 Å². The van der Waals surface area contributed by atoms with Crippen LogP contribution < -0.4 is 0 Å². The number of thiophene rings is 2. The van der Waals surface area contributed by atoms with E-state index in [1.165, 1.54) is 22.7 Å². The molecule has 0 aromatic carbocycles. The minimum absolute atomic E-state index is 0.188. The van der Waals surface area contributed by atoms with E-state index >= 15 is 0 Å². The summed E-state index contributed by atoms with van der Waals surface area (Å²) in [5, 5.41) is 5.58. The predicted octanol–water partition coefficient (Wildman–Crippen LogP) is 4.92. The highest BCUT2D eigenvalue weighted by Gasteiger charge is 2.36.